The van der Waals surface area contributed by atoms with E-state index in [2.05, 4.69) is 5.10 Å². The maximum absolute atomic E-state index is 10.7. The number of hydrogen-bond donors (Lipinski definition) is 1. The van der Waals surface area contributed by atoms with Crippen molar-refractivity contribution >= 4 is 5.97 Å². The Bertz CT molecular complexity index is 408. The fraction of sp³-hybridized carbons (Fsp3) is 0.667. The van der Waals surface area contributed by atoms with E-state index in [1.165, 1.54) is 0 Å². The first-order valence-electron chi connectivity index (χ1n) is 5.89. The van der Waals surface area contributed by atoms with Gasteiger partial charge in [0.1, 0.15) is 0 Å². The summed E-state index contributed by atoms with van der Waals surface area (Å²) in [6, 6.07) is 0.307. The molecule has 1 aromatic heterocycles. The molecule has 0 saturated heterocycles. The summed E-state index contributed by atoms with van der Waals surface area (Å²) in [5, 5.41) is 13.0. The highest BCUT2D eigenvalue weighted by Crippen LogP contribution is 2.48. The first-order chi connectivity index (χ1) is 8.01. The van der Waals surface area contributed by atoms with Crippen LogP contribution in [-0.4, -0.2) is 27.5 Å². The lowest BCUT2D eigenvalue weighted by Gasteiger charge is -2.12. The Labute approximate surface area is 100 Å². The Balaban J connectivity index is 1.87. The lowest BCUT2D eigenvalue weighted by Crippen LogP contribution is -2.17. The number of carbonyl (C=O) groups is 1. The van der Waals surface area contributed by atoms with Crippen molar-refractivity contribution in [1.82, 2.24) is 9.78 Å². The van der Waals surface area contributed by atoms with Crippen molar-refractivity contribution in [2.45, 2.75) is 39.2 Å². The van der Waals surface area contributed by atoms with Crippen molar-refractivity contribution in [3.05, 3.63) is 12.4 Å². The van der Waals surface area contributed by atoms with Gasteiger partial charge in [-0.05, 0) is 26.7 Å². The molecule has 1 aliphatic rings. The molecule has 1 aromatic rings. The zero-order valence-corrected chi connectivity index (χ0v) is 10.2. The van der Waals surface area contributed by atoms with E-state index in [-0.39, 0.29) is 11.8 Å². The van der Waals surface area contributed by atoms with Crippen molar-refractivity contribution in [3.8, 4) is 5.75 Å². The Morgan fingerprint density at radius 2 is 2.35 bits per heavy atom. The first-order valence-corrected chi connectivity index (χ1v) is 5.89. The van der Waals surface area contributed by atoms with E-state index in [1.54, 1.807) is 6.20 Å². The van der Waals surface area contributed by atoms with E-state index in [9.17, 15) is 4.79 Å². The smallest absolute Gasteiger partial charge is 0.304 e. The lowest BCUT2D eigenvalue weighted by atomic mass is 10.0. The van der Waals surface area contributed by atoms with Gasteiger partial charge < -0.3 is 9.84 Å². The van der Waals surface area contributed by atoms with Gasteiger partial charge >= 0.3 is 5.97 Å². The standard InChI is InChI=1S/C12H18N2O3/c1-9(2)14-7-10(6-13-14)17-8-12(3-4-12)5-11(15)16/h6-7,9H,3-5,8H2,1-2H3,(H,15,16). The molecular weight excluding hydrogens is 220 g/mol. The van der Waals surface area contributed by atoms with E-state index in [1.807, 2.05) is 24.7 Å². The maximum atomic E-state index is 10.7. The van der Waals surface area contributed by atoms with Gasteiger partial charge in [-0.1, -0.05) is 0 Å². The molecular formula is C12H18N2O3. The van der Waals surface area contributed by atoms with Gasteiger partial charge in [0.2, 0.25) is 0 Å². The van der Waals surface area contributed by atoms with E-state index in [0.29, 0.717) is 12.6 Å². The summed E-state index contributed by atoms with van der Waals surface area (Å²) in [4.78, 5) is 10.7. The molecule has 0 aromatic carbocycles. The van der Waals surface area contributed by atoms with Crippen LogP contribution in [0.2, 0.25) is 0 Å². The molecule has 1 N–H and O–H groups in total. The van der Waals surface area contributed by atoms with Crippen LogP contribution in [0.3, 0.4) is 0 Å². The van der Waals surface area contributed by atoms with Crippen LogP contribution in [0.15, 0.2) is 12.4 Å². The van der Waals surface area contributed by atoms with Gasteiger partial charge in [-0.15, -0.1) is 0 Å². The Morgan fingerprint density at radius 3 is 2.82 bits per heavy atom. The molecule has 5 nitrogen and oxygen atoms in total. The molecule has 17 heavy (non-hydrogen) atoms. The molecule has 1 fully saturated rings. The Morgan fingerprint density at radius 1 is 1.65 bits per heavy atom. The molecule has 1 saturated carbocycles. The summed E-state index contributed by atoms with van der Waals surface area (Å²) in [7, 11) is 0. The summed E-state index contributed by atoms with van der Waals surface area (Å²) in [6.07, 6.45) is 5.61. The molecule has 0 aliphatic heterocycles. The monoisotopic (exact) mass is 238 g/mol. The van der Waals surface area contributed by atoms with Crippen molar-refractivity contribution < 1.29 is 14.6 Å². The third kappa shape index (κ3) is 2.99. The number of aliphatic carboxylic acids is 1. The number of ether oxygens (including phenoxy) is 1. The Kier molecular flexibility index (Phi) is 3.09. The summed E-state index contributed by atoms with van der Waals surface area (Å²) in [6.45, 7) is 4.57. The fourth-order valence-electron chi connectivity index (χ4n) is 1.78. The molecule has 2 rings (SSSR count). The van der Waals surface area contributed by atoms with Crippen molar-refractivity contribution in [2.75, 3.05) is 6.61 Å². The number of hydrogen-bond acceptors (Lipinski definition) is 3. The maximum Gasteiger partial charge on any atom is 0.304 e. The molecule has 5 heteroatoms. The summed E-state index contributed by atoms with van der Waals surface area (Å²) < 4.78 is 7.44. The highest BCUT2D eigenvalue weighted by molar-refractivity contribution is 5.68. The summed E-state index contributed by atoms with van der Waals surface area (Å²) in [5.41, 5.74) is -0.133. The average molecular weight is 238 g/mol. The SMILES string of the molecule is CC(C)n1cc(OCC2(CC(=O)O)CC2)cn1. The van der Waals surface area contributed by atoms with E-state index in [0.717, 1.165) is 18.6 Å². The molecule has 0 bridgehead atoms. The van der Waals surface area contributed by atoms with E-state index in [4.69, 9.17) is 9.84 Å². The highest BCUT2D eigenvalue weighted by atomic mass is 16.5. The van der Waals surface area contributed by atoms with Gasteiger partial charge in [0, 0.05) is 11.5 Å². The molecule has 0 amide bonds. The van der Waals surface area contributed by atoms with Gasteiger partial charge in [0.25, 0.3) is 0 Å². The van der Waals surface area contributed by atoms with Crippen LogP contribution in [0.4, 0.5) is 0 Å². The molecule has 0 spiro atoms. The van der Waals surface area contributed by atoms with Gasteiger partial charge in [0.05, 0.1) is 25.4 Å². The zero-order chi connectivity index (χ0) is 12.5. The van der Waals surface area contributed by atoms with Crippen molar-refractivity contribution in [3.63, 3.8) is 0 Å². The molecule has 0 unspecified atom stereocenters. The molecule has 94 valence electrons. The second-order valence-corrected chi connectivity index (χ2v) is 5.11. The highest BCUT2D eigenvalue weighted by Gasteiger charge is 2.45. The minimum absolute atomic E-state index is 0.133. The quantitative estimate of drug-likeness (QED) is 0.824. The predicted molar refractivity (Wildman–Crippen MR) is 62.0 cm³/mol. The summed E-state index contributed by atoms with van der Waals surface area (Å²) in [5.74, 6) is -0.0284. The average Bonchev–Trinajstić information content (AvgIpc) is 2.82. The molecule has 0 atom stereocenters. The second-order valence-electron chi connectivity index (χ2n) is 5.11. The molecule has 1 aliphatic carbocycles. The fourth-order valence-corrected chi connectivity index (χ4v) is 1.78. The number of nitrogens with zero attached hydrogens (tertiary/aromatic N) is 2. The predicted octanol–water partition coefficient (Wildman–Crippen LogP) is 2.10. The van der Waals surface area contributed by atoms with Crippen LogP contribution in [0.5, 0.6) is 5.75 Å². The molecule has 0 radical (unpaired) electrons. The van der Waals surface area contributed by atoms with Crippen LogP contribution in [0, 0.1) is 5.41 Å². The van der Waals surface area contributed by atoms with Crippen molar-refractivity contribution in [1.29, 1.82) is 0 Å². The van der Waals surface area contributed by atoms with Crippen LogP contribution in [0.25, 0.3) is 0 Å². The normalized spacial score (nSPS) is 17.1. The number of carboxylic acids is 1. The third-order valence-electron chi connectivity index (χ3n) is 3.14. The topological polar surface area (TPSA) is 64.3 Å². The number of aromatic nitrogens is 2. The lowest BCUT2D eigenvalue weighted by molar-refractivity contribution is -0.138. The molecule has 1 heterocycles. The van der Waals surface area contributed by atoms with Gasteiger partial charge in [-0.2, -0.15) is 5.10 Å². The zero-order valence-electron chi connectivity index (χ0n) is 10.2. The van der Waals surface area contributed by atoms with E-state index >= 15 is 0 Å². The van der Waals surface area contributed by atoms with Crippen molar-refractivity contribution in [2.24, 2.45) is 5.41 Å². The van der Waals surface area contributed by atoms with Crippen LogP contribution in [-0.2, 0) is 4.79 Å². The largest absolute Gasteiger partial charge is 0.490 e. The van der Waals surface area contributed by atoms with E-state index < -0.39 is 5.97 Å². The Hall–Kier alpha value is -1.52. The number of carboxylic acid groups (broad SMARTS) is 1. The van der Waals surface area contributed by atoms with Crippen LogP contribution >= 0.6 is 0 Å². The number of rotatable bonds is 6. The van der Waals surface area contributed by atoms with Crippen LogP contribution < -0.4 is 4.74 Å². The summed E-state index contributed by atoms with van der Waals surface area (Å²) >= 11 is 0. The minimum Gasteiger partial charge on any atom is -0.490 e. The van der Waals surface area contributed by atoms with Crippen LogP contribution in [0.1, 0.15) is 39.2 Å². The van der Waals surface area contributed by atoms with Gasteiger partial charge in [-0.25, -0.2) is 0 Å². The minimum atomic E-state index is -0.746. The van der Waals surface area contributed by atoms with Gasteiger partial charge in [-0.3, -0.25) is 9.48 Å². The first kappa shape index (κ1) is 12.0. The second kappa shape index (κ2) is 4.39. The third-order valence-corrected chi connectivity index (χ3v) is 3.14. The van der Waals surface area contributed by atoms with Gasteiger partial charge in [0.15, 0.2) is 5.75 Å².